The summed E-state index contributed by atoms with van der Waals surface area (Å²) in [5.74, 6) is -1.00. The maximum absolute atomic E-state index is 12.3. The average molecular weight is 357 g/mol. The summed E-state index contributed by atoms with van der Waals surface area (Å²) in [6.07, 6.45) is -0.498. The Kier molecular flexibility index (Phi) is 7.34. The van der Waals surface area contributed by atoms with Crippen LogP contribution < -0.4 is 5.32 Å². The maximum Gasteiger partial charge on any atom is 0.329 e. The third kappa shape index (κ3) is 6.09. The topological polar surface area (TPSA) is 79.2 Å². The minimum atomic E-state index is -0.881. The largest absolute Gasteiger partial charge is 0.446 e. The number of nitrogens with one attached hydrogen (secondary N) is 1. The van der Waals surface area contributed by atoms with Crippen molar-refractivity contribution in [1.29, 1.82) is 5.26 Å². The van der Waals surface area contributed by atoms with Crippen molar-refractivity contribution in [1.82, 2.24) is 5.32 Å². The first-order valence-electron chi connectivity index (χ1n) is 7.10. The number of nitrogens with zero attached hydrogens (tertiary/aromatic N) is 1. The van der Waals surface area contributed by atoms with Gasteiger partial charge in [-0.05, 0) is 37.5 Å². The SMILES string of the molecule is CC(C)C[C@H](NC(=O)c1ccc(Cl)cc1Cl)C(=O)O[C@@H](C)C#N. The van der Waals surface area contributed by atoms with E-state index in [9.17, 15) is 9.59 Å². The molecule has 0 aliphatic rings. The quantitative estimate of drug-likeness (QED) is 0.789. The molecule has 1 amide bonds. The molecular formula is C16H18Cl2N2O3. The van der Waals surface area contributed by atoms with Crippen molar-refractivity contribution in [3.8, 4) is 6.07 Å². The summed E-state index contributed by atoms with van der Waals surface area (Å²) >= 11 is 11.8. The van der Waals surface area contributed by atoms with E-state index >= 15 is 0 Å². The van der Waals surface area contributed by atoms with Gasteiger partial charge in [-0.15, -0.1) is 0 Å². The summed E-state index contributed by atoms with van der Waals surface area (Å²) in [7, 11) is 0. The second-order valence-corrected chi connectivity index (χ2v) is 6.33. The standard InChI is InChI=1S/C16H18Cl2N2O3/c1-9(2)6-14(16(22)23-10(3)8-19)20-15(21)12-5-4-11(17)7-13(12)18/h4-5,7,9-10,14H,6H2,1-3H3,(H,20,21)/t10-,14-/m0/s1. The maximum atomic E-state index is 12.3. The van der Waals surface area contributed by atoms with Crippen molar-refractivity contribution in [2.75, 3.05) is 0 Å². The zero-order valence-corrected chi connectivity index (χ0v) is 14.6. The van der Waals surface area contributed by atoms with Gasteiger partial charge in [-0.25, -0.2) is 4.79 Å². The number of amides is 1. The van der Waals surface area contributed by atoms with Gasteiger partial charge in [-0.3, -0.25) is 4.79 Å². The molecule has 1 N–H and O–H groups in total. The van der Waals surface area contributed by atoms with Crippen LogP contribution in [0.1, 0.15) is 37.6 Å². The number of esters is 1. The first-order chi connectivity index (χ1) is 10.7. The van der Waals surface area contributed by atoms with Gasteiger partial charge >= 0.3 is 5.97 Å². The van der Waals surface area contributed by atoms with Crippen molar-refractivity contribution < 1.29 is 14.3 Å². The lowest BCUT2D eigenvalue weighted by molar-refractivity contribution is -0.148. The van der Waals surface area contributed by atoms with Crippen LogP contribution in [0.15, 0.2) is 18.2 Å². The van der Waals surface area contributed by atoms with Crippen molar-refractivity contribution in [3.05, 3.63) is 33.8 Å². The number of ether oxygens (including phenoxy) is 1. The summed E-state index contributed by atoms with van der Waals surface area (Å²) in [5.41, 5.74) is 0.214. The van der Waals surface area contributed by atoms with Gasteiger partial charge in [-0.2, -0.15) is 5.26 Å². The van der Waals surface area contributed by atoms with Gasteiger partial charge in [0.05, 0.1) is 10.6 Å². The Morgan fingerprint density at radius 2 is 1.96 bits per heavy atom. The molecule has 0 aromatic heterocycles. The lowest BCUT2D eigenvalue weighted by Gasteiger charge is -2.20. The molecule has 0 heterocycles. The van der Waals surface area contributed by atoms with Gasteiger partial charge in [0.1, 0.15) is 12.1 Å². The Bertz CT molecular complexity index is 626. The van der Waals surface area contributed by atoms with Crippen molar-refractivity contribution in [3.63, 3.8) is 0 Å². The number of rotatable bonds is 6. The number of hydrogen-bond acceptors (Lipinski definition) is 4. The fourth-order valence-corrected chi connectivity index (χ4v) is 2.37. The summed E-state index contributed by atoms with van der Waals surface area (Å²) < 4.78 is 4.98. The van der Waals surface area contributed by atoms with Crippen molar-refractivity contribution in [2.24, 2.45) is 5.92 Å². The third-order valence-corrected chi connectivity index (χ3v) is 3.50. The Labute approximate surface area is 145 Å². The predicted octanol–water partition coefficient (Wildman–Crippen LogP) is 3.59. The van der Waals surface area contributed by atoms with Crippen LogP contribution in [0.25, 0.3) is 0 Å². The molecule has 1 aromatic rings. The zero-order valence-electron chi connectivity index (χ0n) is 13.1. The summed E-state index contributed by atoms with van der Waals surface area (Å²) in [4.78, 5) is 24.4. The van der Waals surface area contributed by atoms with Gasteiger partial charge in [-0.1, -0.05) is 37.0 Å². The number of benzene rings is 1. The summed E-state index contributed by atoms with van der Waals surface area (Å²) in [5, 5.41) is 11.9. The van der Waals surface area contributed by atoms with Gasteiger partial charge in [0.15, 0.2) is 6.10 Å². The minimum Gasteiger partial charge on any atom is -0.446 e. The van der Waals surface area contributed by atoms with Crippen LogP contribution in [-0.4, -0.2) is 24.0 Å². The molecule has 0 bridgehead atoms. The number of hydrogen-bond donors (Lipinski definition) is 1. The van der Waals surface area contributed by atoms with Gasteiger partial charge in [0, 0.05) is 5.02 Å². The lowest BCUT2D eigenvalue weighted by Crippen LogP contribution is -2.43. The molecule has 0 saturated heterocycles. The highest BCUT2D eigenvalue weighted by atomic mass is 35.5. The third-order valence-electron chi connectivity index (χ3n) is 2.95. The highest BCUT2D eigenvalue weighted by Crippen LogP contribution is 2.21. The summed E-state index contributed by atoms with van der Waals surface area (Å²) in [6.45, 7) is 5.28. The molecule has 0 aliphatic carbocycles. The van der Waals surface area contributed by atoms with Crippen LogP contribution in [0, 0.1) is 17.2 Å². The predicted molar refractivity (Wildman–Crippen MR) is 88.3 cm³/mol. The molecule has 1 aromatic carbocycles. The Balaban J connectivity index is 2.90. The molecule has 0 aliphatic heterocycles. The van der Waals surface area contributed by atoms with E-state index in [2.05, 4.69) is 5.32 Å². The Hall–Kier alpha value is -1.77. The number of nitriles is 1. The average Bonchev–Trinajstić information content (AvgIpc) is 2.45. The van der Waals surface area contributed by atoms with E-state index in [1.165, 1.54) is 25.1 Å². The van der Waals surface area contributed by atoms with E-state index in [-0.39, 0.29) is 16.5 Å². The lowest BCUT2D eigenvalue weighted by atomic mass is 10.0. The first kappa shape index (κ1) is 19.3. The normalized spacial score (nSPS) is 13.1. The van der Waals surface area contributed by atoms with Crippen molar-refractivity contribution >= 4 is 35.1 Å². The molecule has 7 heteroatoms. The molecule has 23 heavy (non-hydrogen) atoms. The zero-order chi connectivity index (χ0) is 17.6. The molecule has 0 unspecified atom stereocenters. The smallest absolute Gasteiger partial charge is 0.329 e. The molecule has 0 spiro atoms. The monoisotopic (exact) mass is 356 g/mol. The molecule has 2 atom stereocenters. The molecule has 124 valence electrons. The second-order valence-electron chi connectivity index (χ2n) is 5.49. The molecule has 5 nitrogen and oxygen atoms in total. The van der Waals surface area contributed by atoms with Crippen LogP contribution >= 0.6 is 23.2 Å². The van der Waals surface area contributed by atoms with Gasteiger partial charge in [0.25, 0.3) is 5.91 Å². The van der Waals surface area contributed by atoms with Gasteiger partial charge < -0.3 is 10.1 Å². The van der Waals surface area contributed by atoms with E-state index in [1.54, 1.807) is 0 Å². The second kappa shape index (κ2) is 8.76. The van der Waals surface area contributed by atoms with E-state index in [4.69, 9.17) is 33.2 Å². The van der Waals surface area contributed by atoms with E-state index in [0.29, 0.717) is 11.4 Å². The van der Waals surface area contributed by atoms with E-state index in [1.807, 2.05) is 19.9 Å². The fraction of sp³-hybridized carbons (Fsp3) is 0.438. The van der Waals surface area contributed by atoms with E-state index in [0.717, 1.165) is 0 Å². The number of carbonyl (C=O) groups is 2. The molecule has 0 saturated carbocycles. The molecule has 0 fully saturated rings. The van der Waals surface area contributed by atoms with Crippen molar-refractivity contribution in [2.45, 2.75) is 39.3 Å². The first-order valence-corrected chi connectivity index (χ1v) is 7.86. The highest BCUT2D eigenvalue weighted by molar-refractivity contribution is 6.36. The van der Waals surface area contributed by atoms with Crippen LogP contribution in [0.3, 0.4) is 0 Å². The van der Waals surface area contributed by atoms with E-state index < -0.39 is 24.0 Å². The van der Waals surface area contributed by atoms with Crippen LogP contribution in [0.5, 0.6) is 0 Å². The summed E-state index contributed by atoms with van der Waals surface area (Å²) in [6, 6.07) is 5.43. The van der Waals surface area contributed by atoms with Crippen LogP contribution in [0.2, 0.25) is 10.0 Å². The van der Waals surface area contributed by atoms with Crippen LogP contribution in [0.4, 0.5) is 0 Å². The minimum absolute atomic E-state index is 0.144. The van der Waals surface area contributed by atoms with Crippen LogP contribution in [-0.2, 0) is 9.53 Å². The molecule has 1 rings (SSSR count). The molecule has 0 radical (unpaired) electrons. The Morgan fingerprint density at radius 1 is 1.30 bits per heavy atom. The highest BCUT2D eigenvalue weighted by Gasteiger charge is 2.26. The number of carbonyl (C=O) groups excluding carboxylic acids is 2. The Morgan fingerprint density at radius 3 is 2.48 bits per heavy atom. The fourth-order valence-electron chi connectivity index (χ4n) is 1.88. The molecular weight excluding hydrogens is 339 g/mol. The number of halogens is 2. The van der Waals surface area contributed by atoms with Gasteiger partial charge in [0.2, 0.25) is 0 Å².